The number of ether oxygens (including phenoxy) is 2. The monoisotopic (exact) mass is 765 g/mol. The number of hydrogen-bond donors (Lipinski definition) is 3. The molecule has 14 nitrogen and oxygen atoms in total. The zero-order valence-electron chi connectivity index (χ0n) is 30.8. The second-order valence-corrected chi connectivity index (χ2v) is 17.8. The molecule has 6 aliphatic rings. The van der Waals surface area contributed by atoms with Gasteiger partial charge < -0.3 is 25.0 Å². The van der Waals surface area contributed by atoms with E-state index in [4.69, 9.17) is 9.47 Å². The fourth-order valence-electron chi connectivity index (χ4n) is 8.08. The molecule has 2 aliphatic carbocycles. The van der Waals surface area contributed by atoms with E-state index in [2.05, 4.69) is 27.5 Å². The number of benzene rings is 1. The number of amides is 5. The number of nitrogens with one attached hydrogen (secondary N) is 3. The summed E-state index contributed by atoms with van der Waals surface area (Å²) in [5.41, 5.74) is 1.57. The van der Waals surface area contributed by atoms with Crippen LogP contribution < -0.4 is 15.4 Å². The Balaban J connectivity index is 1.17. The molecule has 0 spiro atoms. The van der Waals surface area contributed by atoms with Crippen LogP contribution in [0.25, 0.3) is 6.08 Å². The molecule has 15 heteroatoms. The number of alkyl carbamates (subject to hydrolysis) is 1. The van der Waals surface area contributed by atoms with Crippen molar-refractivity contribution >= 4 is 46.0 Å². The van der Waals surface area contributed by atoms with E-state index in [9.17, 15) is 32.4 Å². The maximum Gasteiger partial charge on any atom is 0.410 e. The number of rotatable bonds is 3. The summed E-state index contributed by atoms with van der Waals surface area (Å²) in [5.74, 6) is -2.34. The van der Waals surface area contributed by atoms with E-state index in [0.29, 0.717) is 45.2 Å². The minimum Gasteiger partial charge on any atom is -0.449 e. The van der Waals surface area contributed by atoms with Crippen LogP contribution >= 0.6 is 0 Å². The summed E-state index contributed by atoms with van der Waals surface area (Å²) in [6, 6.07) is 3.80. The van der Waals surface area contributed by atoms with Gasteiger partial charge in [-0.3, -0.25) is 24.0 Å². The van der Waals surface area contributed by atoms with Gasteiger partial charge in [-0.2, -0.15) is 0 Å². The average Bonchev–Trinajstić information content (AvgIpc) is 4.02. The van der Waals surface area contributed by atoms with Crippen molar-refractivity contribution in [2.24, 2.45) is 11.8 Å². The number of sulfonamides is 1. The molecule has 54 heavy (non-hydrogen) atoms. The van der Waals surface area contributed by atoms with Gasteiger partial charge in [0.05, 0.1) is 24.9 Å². The summed E-state index contributed by atoms with van der Waals surface area (Å²) in [6.07, 6.45) is 12.6. The quantitative estimate of drug-likeness (QED) is 0.383. The number of hydrogen-bond acceptors (Lipinski definition) is 9. The highest BCUT2D eigenvalue weighted by Gasteiger charge is 2.62. The molecule has 7 rings (SSSR count). The Hall–Kier alpha value is -4.40. The van der Waals surface area contributed by atoms with Crippen molar-refractivity contribution in [1.29, 1.82) is 0 Å². The van der Waals surface area contributed by atoms with E-state index < -0.39 is 74.8 Å². The fraction of sp³-hybridized carbons (Fsp3) is 0.615. The maximum absolute atomic E-state index is 14.4. The predicted molar refractivity (Wildman–Crippen MR) is 198 cm³/mol. The second kappa shape index (κ2) is 15.8. The first kappa shape index (κ1) is 37.9. The molecule has 0 unspecified atom stereocenters. The Morgan fingerprint density at radius 3 is 2.61 bits per heavy atom. The highest BCUT2D eigenvalue weighted by Crippen LogP contribution is 2.46. The smallest absolute Gasteiger partial charge is 0.410 e. The number of nitrogens with zero attached hydrogens (tertiary/aromatic N) is 2. The minimum atomic E-state index is -3.90. The largest absolute Gasteiger partial charge is 0.449 e. The zero-order chi connectivity index (χ0) is 38.0. The van der Waals surface area contributed by atoms with Gasteiger partial charge in [0.15, 0.2) is 0 Å². The third-order valence-corrected chi connectivity index (χ3v) is 13.4. The van der Waals surface area contributed by atoms with Crippen LogP contribution in [-0.4, -0.2) is 90.3 Å². The number of fused-ring (bicyclic) bond motifs is 4. The number of allylic oxidation sites excluding steroid dienone is 2. The average molecular weight is 766 g/mol. The van der Waals surface area contributed by atoms with Gasteiger partial charge in [-0.15, -0.1) is 0 Å². The van der Waals surface area contributed by atoms with Gasteiger partial charge in [0.2, 0.25) is 21.8 Å². The van der Waals surface area contributed by atoms with Gasteiger partial charge in [-0.1, -0.05) is 62.3 Å². The molecular weight excluding hydrogens is 715 g/mol. The lowest BCUT2D eigenvalue weighted by molar-refractivity contribution is -0.141. The van der Waals surface area contributed by atoms with E-state index in [1.54, 1.807) is 4.90 Å². The Kier molecular flexibility index (Phi) is 11.1. The second-order valence-electron chi connectivity index (χ2n) is 15.8. The van der Waals surface area contributed by atoms with Gasteiger partial charge >= 0.3 is 12.2 Å². The molecular formula is C39H51N5O9S. The molecule has 5 amide bonds. The van der Waals surface area contributed by atoms with Crippen molar-refractivity contribution in [1.82, 2.24) is 25.2 Å². The van der Waals surface area contributed by atoms with Crippen molar-refractivity contribution < 1.29 is 41.9 Å². The summed E-state index contributed by atoms with van der Waals surface area (Å²) >= 11 is 0. The lowest BCUT2D eigenvalue weighted by Crippen LogP contribution is -2.58. The number of cyclic esters (lactones) is 1. The van der Waals surface area contributed by atoms with Crippen LogP contribution in [0.1, 0.15) is 101 Å². The van der Waals surface area contributed by atoms with Crippen molar-refractivity contribution in [2.45, 2.75) is 126 Å². The third-order valence-electron chi connectivity index (χ3n) is 11.5. The van der Waals surface area contributed by atoms with Gasteiger partial charge in [-0.25, -0.2) is 18.0 Å². The normalized spacial score (nSPS) is 32.4. The van der Waals surface area contributed by atoms with Crippen LogP contribution in [0.2, 0.25) is 0 Å². The SMILES string of the molecule is C[C@@H]1CCC/C=C/c2cccc3c2CN(C3)C(=O)O[C@@H]2C[C@H]3C(=O)N[C@]4(C(=O)NS(=O)(=O)C5CC5)C[C@@H]4/C=C\CCCCC[C@H](NC(=O)OC1)C(=O)N3C2. The molecule has 1 aromatic carbocycles. The highest BCUT2D eigenvalue weighted by molar-refractivity contribution is 7.91. The lowest BCUT2D eigenvalue weighted by Gasteiger charge is -2.29. The van der Waals surface area contributed by atoms with Crippen LogP contribution in [0, 0.1) is 11.8 Å². The molecule has 292 valence electrons. The van der Waals surface area contributed by atoms with Gasteiger partial charge in [0.25, 0.3) is 5.91 Å². The zero-order valence-corrected chi connectivity index (χ0v) is 31.6. The van der Waals surface area contributed by atoms with Gasteiger partial charge in [-0.05, 0) is 80.4 Å². The molecule has 1 saturated heterocycles. The van der Waals surface area contributed by atoms with E-state index in [0.717, 1.165) is 48.8 Å². The molecule has 0 aromatic heterocycles. The highest BCUT2D eigenvalue weighted by atomic mass is 32.2. The van der Waals surface area contributed by atoms with Crippen LogP contribution in [-0.2, 0) is 47.0 Å². The van der Waals surface area contributed by atoms with Crippen LogP contribution in [0.5, 0.6) is 0 Å². The van der Waals surface area contributed by atoms with Crippen molar-refractivity contribution in [2.75, 3.05) is 13.2 Å². The van der Waals surface area contributed by atoms with Gasteiger partial charge in [0, 0.05) is 18.9 Å². The van der Waals surface area contributed by atoms with E-state index in [1.165, 1.54) is 4.90 Å². The van der Waals surface area contributed by atoms with Crippen LogP contribution in [0.15, 0.2) is 36.4 Å². The first-order valence-corrected chi connectivity index (χ1v) is 21.0. The summed E-state index contributed by atoms with van der Waals surface area (Å²) < 4.78 is 39.4. The Labute approximate surface area is 316 Å². The summed E-state index contributed by atoms with van der Waals surface area (Å²) in [6.45, 7) is 2.79. The van der Waals surface area contributed by atoms with Gasteiger partial charge in [0.1, 0.15) is 23.7 Å². The molecule has 5 bridgehead atoms. The molecule has 0 radical (unpaired) electrons. The van der Waals surface area contributed by atoms with E-state index >= 15 is 0 Å². The third kappa shape index (κ3) is 8.45. The minimum absolute atomic E-state index is 0.0502. The maximum atomic E-state index is 14.4. The van der Waals surface area contributed by atoms with Crippen molar-refractivity contribution in [3.63, 3.8) is 0 Å². The lowest BCUT2D eigenvalue weighted by atomic mass is 10.0. The van der Waals surface area contributed by atoms with Crippen molar-refractivity contribution in [3.05, 3.63) is 53.1 Å². The van der Waals surface area contributed by atoms with E-state index in [1.807, 2.05) is 37.3 Å². The molecule has 3 N–H and O–H groups in total. The Morgan fingerprint density at radius 1 is 0.981 bits per heavy atom. The number of carbonyl (C=O) groups excluding carboxylic acids is 5. The first-order chi connectivity index (χ1) is 25.9. The first-order valence-electron chi connectivity index (χ1n) is 19.4. The van der Waals surface area contributed by atoms with Crippen LogP contribution in [0.3, 0.4) is 0 Å². The van der Waals surface area contributed by atoms with Crippen LogP contribution in [0.4, 0.5) is 9.59 Å². The molecule has 3 fully saturated rings. The molecule has 6 atom stereocenters. The fourth-order valence-corrected chi connectivity index (χ4v) is 9.44. The number of carbonyl (C=O) groups is 5. The Morgan fingerprint density at radius 2 is 1.80 bits per heavy atom. The topological polar surface area (TPSA) is 181 Å². The summed E-state index contributed by atoms with van der Waals surface area (Å²) in [4.78, 5) is 72.1. The Bertz CT molecular complexity index is 1830. The standard InChI is InChI=1S/C39H51N5O9S/c1-25-11-6-5-7-12-26-13-10-14-27-21-43(23-31(26)27)38(49)53-29-19-33-34(45)41-39(36(47)42-54(50,51)30-17-18-30)20-28(39)15-8-3-2-4-9-16-32(35(46)44(33)22-29)40-37(48)52-24-25/h7-8,10,12-15,25,28-30,32-33H,2-6,9,11,16-24H2,1H3,(H,40,48)(H,41,45)(H,42,47)/b12-7+,15-8-/t25-,28+,29-,32+,33+,39-/m1/s1. The predicted octanol–water partition coefficient (Wildman–Crippen LogP) is 4.04. The summed E-state index contributed by atoms with van der Waals surface area (Å²) in [5, 5.41) is 4.96. The molecule has 4 aliphatic heterocycles. The van der Waals surface area contributed by atoms with Crippen molar-refractivity contribution in [3.8, 4) is 0 Å². The molecule has 2 saturated carbocycles. The molecule has 1 aromatic rings. The molecule has 4 heterocycles. The summed E-state index contributed by atoms with van der Waals surface area (Å²) in [7, 11) is -3.90. The van der Waals surface area contributed by atoms with E-state index in [-0.39, 0.29) is 31.9 Å².